The van der Waals surface area contributed by atoms with Crippen molar-refractivity contribution >= 4 is 50.7 Å². The summed E-state index contributed by atoms with van der Waals surface area (Å²) in [7, 11) is -2.25. The SMILES string of the molecule is CN=C(Cc1ccc(Cl)c(Oc2cc(N)cc(Cl)c2)c1F)OC(=N)c1c(C)nn(S(C)(=O)=O)c1C. The third-order valence-electron chi connectivity index (χ3n) is 4.85. The lowest BCUT2D eigenvalue weighted by molar-refractivity contribution is 0.439. The van der Waals surface area contributed by atoms with E-state index in [2.05, 4.69) is 10.1 Å². The number of rotatable bonds is 6. The highest BCUT2D eigenvalue weighted by Crippen LogP contribution is 2.36. The van der Waals surface area contributed by atoms with Crippen LogP contribution >= 0.6 is 23.2 Å². The molecule has 1 heterocycles. The second-order valence-corrected chi connectivity index (χ2v) is 10.2. The van der Waals surface area contributed by atoms with Crippen LogP contribution in [0.4, 0.5) is 10.1 Å². The van der Waals surface area contributed by atoms with Crippen LogP contribution < -0.4 is 10.5 Å². The Labute approximate surface area is 211 Å². The van der Waals surface area contributed by atoms with Gasteiger partial charge in [0.05, 0.1) is 34.7 Å². The number of hydrogen-bond donors (Lipinski definition) is 2. The second kappa shape index (κ2) is 10.2. The summed E-state index contributed by atoms with van der Waals surface area (Å²) >= 11 is 12.1. The monoisotopic (exact) mass is 541 g/mol. The van der Waals surface area contributed by atoms with Gasteiger partial charge in [-0.1, -0.05) is 29.3 Å². The minimum absolute atomic E-state index is 0.0000723. The van der Waals surface area contributed by atoms with Gasteiger partial charge < -0.3 is 15.2 Å². The van der Waals surface area contributed by atoms with E-state index in [-0.39, 0.29) is 57.3 Å². The van der Waals surface area contributed by atoms with E-state index in [1.165, 1.54) is 44.3 Å². The van der Waals surface area contributed by atoms with Crippen LogP contribution in [0.15, 0.2) is 35.3 Å². The van der Waals surface area contributed by atoms with Crippen LogP contribution in [0.3, 0.4) is 0 Å². The number of nitrogens with one attached hydrogen (secondary N) is 1. The molecule has 0 aliphatic heterocycles. The third kappa shape index (κ3) is 5.92. The lowest BCUT2D eigenvalue weighted by Gasteiger charge is -2.14. The number of aromatic nitrogens is 2. The largest absolute Gasteiger partial charge is 0.453 e. The molecule has 3 rings (SSSR count). The fraction of sp³-hybridized carbons (Fsp3) is 0.227. The van der Waals surface area contributed by atoms with Gasteiger partial charge in [0.15, 0.2) is 17.5 Å². The molecule has 0 fully saturated rings. The molecule has 0 spiro atoms. The van der Waals surface area contributed by atoms with Crippen molar-refractivity contribution in [2.75, 3.05) is 19.0 Å². The predicted octanol–water partition coefficient (Wildman–Crippen LogP) is 4.74. The van der Waals surface area contributed by atoms with Gasteiger partial charge in [-0.25, -0.2) is 12.8 Å². The first-order valence-electron chi connectivity index (χ1n) is 10.0. The third-order valence-corrected chi connectivity index (χ3v) is 6.35. The van der Waals surface area contributed by atoms with Gasteiger partial charge in [-0.05, 0) is 32.0 Å². The van der Waals surface area contributed by atoms with E-state index in [1.54, 1.807) is 6.92 Å². The van der Waals surface area contributed by atoms with Crippen molar-refractivity contribution in [3.8, 4) is 11.5 Å². The molecule has 0 bridgehead atoms. The predicted molar refractivity (Wildman–Crippen MR) is 134 cm³/mol. The number of nitrogens with two attached hydrogens (primary N) is 1. The molecule has 0 aliphatic rings. The first kappa shape index (κ1) is 26.5. The summed E-state index contributed by atoms with van der Waals surface area (Å²) < 4.78 is 51.1. The Morgan fingerprint density at radius 3 is 2.51 bits per heavy atom. The topological polar surface area (TPSA) is 133 Å². The number of anilines is 1. The van der Waals surface area contributed by atoms with Gasteiger partial charge in [-0.3, -0.25) is 10.4 Å². The average molecular weight is 542 g/mol. The van der Waals surface area contributed by atoms with Crippen LogP contribution in [0.25, 0.3) is 0 Å². The minimum atomic E-state index is -3.67. The number of hydrogen-bond acceptors (Lipinski definition) is 8. The number of benzene rings is 2. The van der Waals surface area contributed by atoms with E-state index in [9.17, 15) is 8.42 Å². The Balaban J connectivity index is 1.86. The molecule has 0 saturated carbocycles. The molecule has 0 saturated heterocycles. The quantitative estimate of drug-likeness (QED) is 0.263. The zero-order valence-electron chi connectivity index (χ0n) is 19.2. The Morgan fingerprint density at radius 2 is 1.94 bits per heavy atom. The summed E-state index contributed by atoms with van der Waals surface area (Å²) in [5, 5.41) is 12.6. The molecule has 0 unspecified atom stereocenters. The summed E-state index contributed by atoms with van der Waals surface area (Å²) in [5.41, 5.74) is 6.90. The molecular formula is C22H22Cl2FN5O4S. The van der Waals surface area contributed by atoms with Crippen LogP contribution in [0.5, 0.6) is 11.5 Å². The fourth-order valence-corrected chi connectivity index (χ4v) is 4.60. The van der Waals surface area contributed by atoms with Crippen LogP contribution in [0.1, 0.15) is 22.5 Å². The van der Waals surface area contributed by atoms with E-state index in [0.717, 1.165) is 10.3 Å². The highest BCUT2D eigenvalue weighted by molar-refractivity contribution is 7.89. The van der Waals surface area contributed by atoms with E-state index >= 15 is 4.39 Å². The van der Waals surface area contributed by atoms with Gasteiger partial charge in [-0.2, -0.15) is 9.19 Å². The molecule has 3 aromatic rings. The molecule has 186 valence electrons. The van der Waals surface area contributed by atoms with Crippen LogP contribution in [-0.4, -0.2) is 42.7 Å². The first-order chi connectivity index (χ1) is 16.3. The molecule has 0 aliphatic carbocycles. The van der Waals surface area contributed by atoms with Crippen LogP contribution in [0.2, 0.25) is 10.0 Å². The maximum atomic E-state index is 15.3. The number of nitrogens with zero attached hydrogens (tertiary/aromatic N) is 3. The lowest BCUT2D eigenvalue weighted by Crippen LogP contribution is -2.18. The van der Waals surface area contributed by atoms with E-state index in [0.29, 0.717) is 10.7 Å². The van der Waals surface area contributed by atoms with Crippen molar-refractivity contribution in [1.82, 2.24) is 9.19 Å². The summed E-state index contributed by atoms with van der Waals surface area (Å²) in [4.78, 5) is 4.00. The molecule has 2 aromatic carbocycles. The van der Waals surface area contributed by atoms with Crippen molar-refractivity contribution in [1.29, 1.82) is 5.41 Å². The number of aryl methyl sites for hydroxylation is 1. The Kier molecular flexibility index (Phi) is 7.73. The molecule has 0 atom stereocenters. The molecular weight excluding hydrogens is 520 g/mol. The smallest absolute Gasteiger partial charge is 0.251 e. The number of nitrogen functional groups attached to an aromatic ring is 1. The molecule has 9 nitrogen and oxygen atoms in total. The maximum absolute atomic E-state index is 15.3. The number of ether oxygens (including phenoxy) is 2. The zero-order valence-corrected chi connectivity index (χ0v) is 21.5. The van der Waals surface area contributed by atoms with E-state index in [4.69, 9.17) is 43.8 Å². The van der Waals surface area contributed by atoms with Crippen molar-refractivity contribution in [2.24, 2.45) is 4.99 Å². The van der Waals surface area contributed by atoms with Crippen LogP contribution in [0, 0.1) is 25.1 Å². The first-order valence-corrected chi connectivity index (χ1v) is 12.6. The normalized spacial score (nSPS) is 12.0. The minimum Gasteiger partial charge on any atom is -0.453 e. The molecule has 35 heavy (non-hydrogen) atoms. The molecule has 0 radical (unpaired) electrons. The van der Waals surface area contributed by atoms with Gasteiger partial charge in [0.1, 0.15) is 5.75 Å². The Hall–Kier alpha value is -3.15. The molecule has 3 N–H and O–H groups in total. The van der Waals surface area contributed by atoms with Gasteiger partial charge in [-0.15, -0.1) is 0 Å². The number of halogens is 3. The highest BCUT2D eigenvalue weighted by Gasteiger charge is 2.24. The summed E-state index contributed by atoms with van der Waals surface area (Å²) in [5.74, 6) is -1.18. The maximum Gasteiger partial charge on any atom is 0.251 e. The van der Waals surface area contributed by atoms with Crippen molar-refractivity contribution in [3.05, 3.63) is 68.7 Å². The van der Waals surface area contributed by atoms with Gasteiger partial charge in [0.25, 0.3) is 10.0 Å². The summed E-state index contributed by atoms with van der Waals surface area (Å²) in [6, 6.07) is 7.34. The van der Waals surface area contributed by atoms with Gasteiger partial charge in [0, 0.05) is 29.4 Å². The van der Waals surface area contributed by atoms with Crippen molar-refractivity contribution in [3.63, 3.8) is 0 Å². The van der Waals surface area contributed by atoms with Crippen LogP contribution in [-0.2, 0) is 21.2 Å². The molecule has 13 heteroatoms. The van der Waals surface area contributed by atoms with Crippen molar-refractivity contribution < 1.29 is 22.3 Å². The highest BCUT2D eigenvalue weighted by atomic mass is 35.5. The zero-order chi connectivity index (χ0) is 26.1. The van der Waals surface area contributed by atoms with Crippen molar-refractivity contribution in [2.45, 2.75) is 20.3 Å². The Morgan fingerprint density at radius 1 is 1.26 bits per heavy atom. The lowest BCUT2D eigenvalue weighted by atomic mass is 10.1. The molecule has 0 amide bonds. The van der Waals surface area contributed by atoms with Gasteiger partial charge in [0.2, 0.25) is 5.90 Å². The number of aliphatic imine (C=N–C) groups is 1. The van der Waals surface area contributed by atoms with Gasteiger partial charge >= 0.3 is 0 Å². The molecule has 1 aromatic heterocycles. The average Bonchev–Trinajstić information content (AvgIpc) is 3.06. The summed E-state index contributed by atoms with van der Waals surface area (Å²) in [6.07, 6.45) is 0.856. The van der Waals surface area contributed by atoms with E-state index in [1.807, 2.05) is 0 Å². The summed E-state index contributed by atoms with van der Waals surface area (Å²) in [6.45, 7) is 3.05. The fourth-order valence-electron chi connectivity index (χ4n) is 3.33. The second-order valence-electron chi connectivity index (χ2n) is 7.55. The standard InChI is InChI=1S/C22H22Cl2FN5O4S/c1-11-19(12(2)30(29-11)35(4,31)32)22(27)34-18(28-3)7-13-5-6-17(24)21(20(13)25)33-16-9-14(23)8-15(26)10-16/h5-6,8-10,27H,7,26H2,1-4H3. The Bertz CT molecular complexity index is 1430. The van der Waals surface area contributed by atoms with E-state index < -0.39 is 15.8 Å².